The highest BCUT2D eigenvalue weighted by molar-refractivity contribution is 5.89. The van der Waals surface area contributed by atoms with Crippen LogP contribution in [0.5, 0.6) is 5.75 Å². The monoisotopic (exact) mass is 432 g/mol. The number of benzene rings is 1. The van der Waals surface area contributed by atoms with Gasteiger partial charge in [0.25, 0.3) is 0 Å². The van der Waals surface area contributed by atoms with Crippen molar-refractivity contribution in [2.24, 2.45) is 0 Å². The second kappa shape index (κ2) is 20.4. The van der Waals surface area contributed by atoms with Crippen LogP contribution in [0.2, 0.25) is 0 Å². The minimum absolute atomic E-state index is 0.0953. The van der Waals surface area contributed by atoms with E-state index in [1.165, 1.54) is 115 Å². The lowest BCUT2D eigenvalue weighted by Gasteiger charge is -2.06. The maximum Gasteiger partial charge on any atom is 0.338 e. The first-order valence-electron chi connectivity index (χ1n) is 13.2. The summed E-state index contributed by atoms with van der Waals surface area (Å²) in [6, 6.07) is 6.31. The predicted octanol–water partition coefficient (Wildman–Crippen LogP) is 8.98. The minimum Gasteiger partial charge on any atom is -0.508 e. The van der Waals surface area contributed by atoms with Gasteiger partial charge in [-0.1, -0.05) is 129 Å². The van der Waals surface area contributed by atoms with E-state index in [4.69, 9.17) is 4.74 Å². The highest BCUT2D eigenvalue weighted by Crippen LogP contribution is 2.15. The molecule has 0 aliphatic carbocycles. The summed E-state index contributed by atoms with van der Waals surface area (Å²) in [7, 11) is 0. The van der Waals surface area contributed by atoms with Gasteiger partial charge in [-0.25, -0.2) is 4.79 Å². The Labute approximate surface area is 192 Å². The van der Waals surface area contributed by atoms with Crippen molar-refractivity contribution in [3.63, 3.8) is 0 Å². The van der Waals surface area contributed by atoms with Gasteiger partial charge >= 0.3 is 5.97 Å². The normalized spacial score (nSPS) is 11.0. The van der Waals surface area contributed by atoms with Crippen molar-refractivity contribution in [1.29, 1.82) is 0 Å². The fourth-order valence-electron chi connectivity index (χ4n) is 4.06. The van der Waals surface area contributed by atoms with Crippen LogP contribution in [-0.4, -0.2) is 17.7 Å². The Kier molecular flexibility index (Phi) is 18.1. The number of carbonyl (C=O) groups excluding carboxylic acids is 1. The summed E-state index contributed by atoms with van der Waals surface area (Å²) < 4.78 is 5.27. The van der Waals surface area contributed by atoms with Gasteiger partial charge in [-0.2, -0.15) is 0 Å². The highest BCUT2D eigenvalue weighted by atomic mass is 16.5. The molecule has 0 heterocycles. The van der Waals surface area contributed by atoms with Crippen LogP contribution in [-0.2, 0) is 4.74 Å². The topological polar surface area (TPSA) is 46.5 Å². The van der Waals surface area contributed by atoms with E-state index >= 15 is 0 Å². The van der Waals surface area contributed by atoms with Crippen molar-refractivity contribution in [2.75, 3.05) is 6.61 Å². The van der Waals surface area contributed by atoms with Gasteiger partial charge in [0.05, 0.1) is 12.2 Å². The maximum atomic E-state index is 11.9. The van der Waals surface area contributed by atoms with Crippen LogP contribution in [0.1, 0.15) is 139 Å². The van der Waals surface area contributed by atoms with Crippen molar-refractivity contribution in [1.82, 2.24) is 0 Å². The first-order valence-corrected chi connectivity index (χ1v) is 13.2. The van der Waals surface area contributed by atoms with Crippen molar-refractivity contribution in [2.45, 2.75) is 129 Å². The molecule has 0 saturated carbocycles. The number of unbranched alkanes of at least 4 members (excludes halogenated alkanes) is 18. The van der Waals surface area contributed by atoms with Crippen molar-refractivity contribution < 1.29 is 14.6 Å². The summed E-state index contributed by atoms with van der Waals surface area (Å²) in [5.74, 6) is -0.253. The molecule has 0 aliphatic rings. The van der Waals surface area contributed by atoms with Crippen LogP contribution in [0.15, 0.2) is 24.3 Å². The molecule has 1 aromatic rings. The van der Waals surface area contributed by atoms with Crippen molar-refractivity contribution in [3.05, 3.63) is 29.8 Å². The molecule has 0 saturated heterocycles. The molecule has 178 valence electrons. The summed E-state index contributed by atoms with van der Waals surface area (Å²) in [6.07, 6.45) is 25.8. The standard InChI is InChI=1S/C28H48O3/c1-2-3-4-5-6-7-8-9-10-11-12-13-14-15-16-17-18-19-20-24-31-28(30)26-22-21-23-27(29)25-26/h21-23,25,29H,2-20,24H2,1H3. The summed E-state index contributed by atoms with van der Waals surface area (Å²) in [6.45, 7) is 2.75. The third-order valence-corrected chi connectivity index (χ3v) is 6.06. The Morgan fingerprint density at radius 1 is 0.677 bits per heavy atom. The van der Waals surface area contributed by atoms with E-state index in [1.54, 1.807) is 18.2 Å². The van der Waals surface area contributed by atoms with Crippen molar-refractivity contribution in [3.8, 4) is 5.75 Å². The molecule has 1 aromatic carbocycles. The molecule has 0 spiro atoms. The Balaban J connectivity index is 1.75. The molecule has 0 fully saturated rings. The van der Waals surface area contributed by atoms with E-state index in [0.717, 1.165) is 12.8 Å². The molecule has 0 aromatic heterocycles. The lowest BCUT2D eigenvalue weighted by molar-refractivity contribution is 0.0497. The molecule has 1 N–H and O–H groups in total. The lowest BCUT2D eigenvalue weighted by Crippen LogP contribution is -2.06. The van der Waals surface area contributed by atoms with Crippen LogP contribution in [0.25, 0.3) is 0 Å². The Morgan fingerprint density at radius 3 is 1.52 bits per heavy atom. The molecule has 0 amide bonds. The molecule has 3 nitrogen and oxygen atoms in total. The van der Waals surface area contributed by atoms with E-state index in [-0.39, 0.29) is 11.7 Å². The van der Waals surface area contributed by atoms with E-state index in [0.29, 0.717) is 12.2 Å². The third kappa shape index (κ3) is 16.8. The van der Waals surface area contributed by atoms with Crippen molar-refractivity contribution >= 4 is 5.97 Å². The summed E-state index contributed by atoms with van der Waals surface area (Å²) >= 11 is 0. The maximum absolute atomic E-state index is 11.9. The van der Waals surface area contributed by atoms with Gasteiger partial charge in [0.1, 0.15) is 5.75 Å². The number of esters is 1. The number of carbonyl (C=O) groups is 1. The van der Waals surface area contributed by atoms with Gasteiger partial charge < -0.3 is 9.84 Å². The molecule has 1 rings (SSSR count). The van der Waals surface area contributed by atoms with E-state index in [1.807, 2.05) is 0 Å². The van der Waals surface area contributed by atoms with Gasteiger partial charge in [0.15, 0.2) is 0 Å². The molecule has 0 atom stereocenters. The van der Waals surface area contributed by atoms with Gasteiger partial charge in [-0.05, 0) is 24.6 Å². The molecule has 0 bridgehead atoms. The van der Waals surface area contributed by atoms with Crippen LogP contribution in [0.4, 0.5) is 0 Å². The molecule has 3 heteroatoms. The molecule has 0 aliphatic heterocycles. The van der Waals surface area contributed by atoms with Gasteiger partial charge in [0.2, 0.25) is 0 Å². The zero-order valence-corrected chi connectivity index (χ0v) is 20.2. The quantitative estimate of drug-likeness (QED) is 0.156. The number of phenols is 1. The number of rotatable bonds is 21. The van der Waals surface area contributed by atoms with Crippen LogP contribution >= 0.6 is 0 Å². The lowest BCUT2D eigenvalue weighted by atomic mass is 10.0. The SMILES string of the molecule is CCCCCCCCCCCCCCCCCCCCCOC(=O)c1cccc(O)c1. The van der Waals surface area contributed by atoms with Gasteiger partial charge in [-0.3, -0.25) is 0 Å². The zero-order valence-electron chi connectivity index (χ0n) is 20.2. The van der Waals surface area contributed by atoms with Crippen LogP contribution in [0.3, 0.4) is 0 Å². The highest BCUT2D eigenvalue weighted by Gasteiger charge is 2.07. The molecule has 31 heavy (non-hydrogen) atoms. The smallest absolute Gasteiger partial charge is 0.338 e. The molecule has 0 unspecified atom stereocenters. The number of hydrogen-bond donors (Lipinski definition) is 1. The van der Waals surface area contributed by atoms with Gasteiger partial charge in [-0.15, -0.1) is 0 Å². The fraction of sp³-hybridized carbons (Fsp3) is 0.750. The third-order valence-electron chi connectivity index (χ3n) is 6.06. The first-order chi connectivity index (χ1) is 15.2. The number of phenolic OH excluding ortho intramolecular Hbond substituents is 1. The largest absolute Gasteiger partial charge is 0.508 e. The second-order valence-corrected chi connectivity index (χ2v) is 9.05. The average molecular weight is 433 g/mol. The number of hydrogen-bond acceptors (Lipinski definition) is 3. The second-order valence-electron chi connectivity index (χ2n) is 9.05. The number of ether oxygens (including phenoxy) is 1. The van der Waals surface area contributed by atoms with E-state index < -0.39 is 0 Å². The van der Waals surface area contributed by atoms with E-state index in [2.05, 4.69) is 6.92 Å². The van der Waals surface area contributed by atoms with Crippen LogP contribution in [0, 0.1) is 0 Å². The summed E-state index contributed by atoms with van der Waals surface area (Å²) in [5.41, 5.74) is 0.415. The molecule has 0 radical (unpaired) electrons. The Bertz CT molecular complexity index is 541. The van der Waals surface area contributed by atoms with Crippen LogP contribution < -0.4 is 0 Å². The van der Waals surface area contributed by atoms with E-state index in [9.17, 15) is 9.90 Å². The number of aromatic hydroxyl groups is 1. The summed E-state index contributed by atoms with van der Waals surface area (Å²) in [4.78, 5) is 11.9. The predicted molar refractivity (Wildman–Crippen MR) is 132 cm³/mol. The molecular formula is C28H48O3. The average Bonchev–Trinajstić information content (AvgIpc) is 2.77. The zero-order chi connectivity index (χ0) is 22.4. The molecular weight excluding hydrogens is 384 g/mol. The first kappa shape index (κ1) is 27.5. The minimum atomic E-state index is -0.349. The summed E-state index contributed by atoms with van der Waals surface area (Å²) in [5, 5.41) is 9.39. The Hall–Kier alpha value is -1.51. The fourth-order valence-corrected chi connectivity index (χ4v) is 4.06. The van der Waals surface area contributed by atoms with Gasteiger partial charge in [0, 0.05) is 0 Å². The Morgan fingerprint density at radius 2 is 1.10 bits per heavy atom.